The SMILES string of the molecule is C[C@H](n1c(CO)nc2cnc(Nc3ccnc(N4CC[C@H](O)[C@H](F)C4)n3)cc21)C(F)(F)F. The summed E-state index contributed by atoms with van der Waals surface area (Å²) < 4.78 is 54.8. The van der Waals surface area contributed by atoms with Crippen LogP contribution in [0.5, 0.6) is 0 Å². The molecule has 1 saturated heterocycles. The zero-order valence-corrected chi connectivity index (χ0v) is 17.0. The molecule has 32 heavy (non-hydrogen) atoms. The highest BCUT2D eigenvalue weighted by molar-refractivity contribution is 5.79. The topological polar surface area (TPSA) is 112 Å². The van der Waals surface area contributed by atoms with Crippen LogP contribution < -0.4 is 10.2 Å². The second kappa shape index (κ2) is 8.47. The zero-order chi connectivity index (χ0) is 23.0. The van der Waals surface area contributed by atoms with Crippen molar-refractivity contribution in [2.24, 2.45) is 0 Å². The first-order chi connectivity index (χ1) is 15.2. The molecule has 3 atom stereocenters. The van der Waals surface area contributed by atoms with E-state index < -0.39 is 31.1 Å². The molecule has 4 rings (SSSR count). The van der Waals surface area contributed by atoms with Gasteiger partial charge in [-0.25, -0.2) is 19.3 Å². The average molecular weight is 455 g/mol. The van der Waals surface area contributed by atoms with E-state index in [1.54, 1.807) is 4.90 Å². The number of fused-ring (bicyclic) bond motifs is 1. The summed E-state index contributed by atoms with van der Waals surface area (Å²) in [6, 6.07) is 1.02. The van der Waals surface area contributed by atoms with Gasteiger partial charge in [0.1, 0.15) is 41.8 Å². The zero-order valence-electron chi connectivity index (χ0n) is 17.0. The van der Waals surface area contributed by atoms with E-state index in [4.69, 9.17) is 0 Å². The van der Waals surface area contributed by atoms with Crippen LogP contribution in [-0.4, -0.2) is 66.3 Å². The number of anilines is 3. The van der Waals surface area contributed by atoms with Gasteiger partial charge in [0.25, 0.3) is 0 Å². The molecule has 1 aliphatic heterocycles. The fraction of sp³-hybridized carbons (Fsp3) is 0.474. The summed E-state index contributed by atoms with van der Waals surface area (Å²) >= 11 is 0. The molecule has 1 fully saturated rings. The number of halogens is 4. The van der Waals surface area contributed by atoms with E-state index in [1.807, 2.05) is 0 Å². The Morgan fingerprint density at radius 2 is 2.03 bits per heavy atom. The van der Waals surface area contributed by atoms with Crippen molar-refractivity contribution in [2.45, 2.75) is 44.4 Å². The first-order valence-corrected chi connectivity index (χ1v) is 9.89. The predicted octanol–water partition coefficient (Wildman–Crippen LogP) is 2.49. The van der Waals surface area contributed by atoms with Gasteiger partial charge in [0.2, 0.25) is 5.95 Å². The summed E-state index contributed by atoms with van der Waals surface area (Å²) in [6.07, 6.45) is -3.96. The minimum absolute atomic E-state index is 0.0483. The number of hydrogen-bond donors (Lipinski definition) is 3. The van der Waals surface area contributed by atoms with Crippen molar-refractivity contribution in [2.75, 3.05) is 23.3 Å². The maximum atomic E-state index is 13.8. The van der Waals surface area contributed by atoms with Crippen LogP contribution >= 0.6 is 0 Å². The number of hydrogen-bond acceptors (Lipinski definition) is 8. The highest BCUT2D eigenvalue weighted by Crippen LogP contribution is 2.34. The van der Waals surface area contributed by atoms with Crippen molar-refractivity contribution in [3.8, 4) is 0 Å². The molecule has 0 amide bonds. The van der Waals surface area contributed by atoms with Crippen molar-refractivity contribution in [1.29, 1.82) is 0 Å². The van der Waals surface area contributed by atoms with Crippen LogP contribution in [0.15, 0.2) is 24.5 Å². The fourth-order valence-electron chi connectivity index (χ4n) is 3.58. The first-order valence-electron chi connectivity index (χ1n) is 9.89. The largest absolute Gasteiger partial charge is 0.408 e. The van der Waals surface area contributed by atoms with Gasteiger partial charge in [-0.1, -0.05) is 0 Å². The lowest BCUT2D eigenvalue weighted by molar-refractivity contribution is -0.162. The van der Waals surface area contributed by atoms with Crippen molar-refractivity contribution >= 4 is 28.6 Å². The number of pyridine rings is 1. The molecule has 172 valence electrons. The maximum Gasteiger partial charge on any atom is 0.408 e. The molecule has 0 spiro atoms. The van der Waals surface area contributed by atoms with Gasteiger partial charge in [0.05, 0.1) is 24.4 Å². The van der Waals surface area contributed by atoms with E-state index in [9.17, 15) is 27.8 Å². The maximum absolute atomic E-state index is 13.8. The van der Waals surface area contributed by atoms with Crippen LogP contribution in [0.1, 0.15) is 25.2 Å². The molecular formula is C19H21F4N7O2. The molecule has 0 bridgehead atoms. The van der Waals surface area contributed by atoms with E-state index in [-0.39, 0.29) is 41.6 Å². The summed E-state index contributed by atoms with van der Waals surface area (Å²) in [4.78, 5) is 18.3. The molecule has 4 heterocycles. The van der Waals surface area contributed by atoms with Crippen LogP contribution in [0.25, 0.3) is 11.0 Å². The molecule has 0 aliphatic carbocycles. The lowest BCUT2D eigenvalue weighted by Gasteiger charge is -2.32. The van der Waals surface area contributed by atoms with Crippen LogP contribution in [0.2, 0.25) is 0 Å². The second-order valence-corrected chi connectivity index (χ2v) is 7.52. The van der Waals surface area contributed by atoms with Gasteiger partial charge in [-0.15, -0.1) is 0 Å². The third kappa shape index (κ3) is 4.30. The summed E-state index contributed by atoms with van der Waals surface area (Å²) in [5, 5.41) is 21.9. The van der Waals surface area contributed by atoms with E-state index in [2.05, 4.69) is 25.3 Å². The molecule has 0 unspecified atom stereocenters. The Morgan fingerprint density at radius 3 is 2.72 bits per heavy atom. The van der Waals surface area contributed by atoms with Gasteiger partial charge in [0, 0.05) is 18.8 Å². The van der Waals surface area contributed by atoms with E-state index >= 15 is 0 Å². The number of nitrogens with zero attached hydrogens (tertiary/aromatic N) is 6. The molecule has 0 radical (unpaired) electrons. The van der Waals surface area contributed by atoms with Gasteiger partial charge in [-0.3, -0.25) is 0 Å². The number of aliphatic hydroxyl groups excluding tert-OH is 2. The van der Waals surface area contributed by atoms with Crippen LogP contribution in [0.3, 0.4) is 0 Å². The predicted molar refractivity (Wildman–Crippen MR) is 107 cm³/mol. The minimum Gasteiger partial charge on any atom is -0.390 e. The van der Waals surface area contributed by atoms with Gasteiger partial charge in [-0.2, -0.15) is 18.2 Å². The normalized spacial score (nSPS) is 20.5. The van der Waals surface area contributed by atoms with E-state index in [0.717, 1.165) is 11.5 Å². The van der Waals surface area contributed by atoms with Crippen LogP contribution in [-0.2, 0) is 6.61 Å². The minimum atomic E-state index is -4.54. The standard InChI is InChI=1S/C19H21F4N7O2/c1-10(19(21,22)23)30-13-6-16(25-7-12(13)26-17(30)9-31)27-15-2-4-24-18(28-15)29-5-3-14(32)11(20)8-29/h2,4,6-7,10-11,14,31-32H,3,5,8-9H2,1H3,(H,24,25,27,28)/t10-,11+,14-/m0/s1. The number of piperidine rings is 1. The Hall–Kier alpha value is -3.06. The summed E-state index contributed by atoms with van der Waals surface area (Å²) in [7, 11) is 0. The van der Waals surface area contributed by atoms with Gasteiger partial charge in [-0.05, 0) is 19.4 Å². The number of rotatable bonds is 5. The number of aliphatic hydroxyl groups is 2. The van der Waals surface area contributed by atoms with Crippen molar-refractivity contribution in [3.05, 3.63) is 30.4 Å². The Bertz CT molecular complexity index is 1110. The highest BCUT2D eigenvalue weighted by atomic mass is 19.4. The van der Waals surface area contributed by atoms with Crippen molar-refractivity contribution < 1.29 is 27.8 Å². The van der Waals surface area contributed by atoms with Gasteiger partial charge in [0.15, 0.2) is 0 Å². The molecule has 0 saturated carbocycles. The average Bonchev–Trinajstić information content (AvgIpc) is 3.12. The molecule has 3 aromatic heterocycles. The summed E-state index contributed by atoms with van der Waals surface area (Å²) in [6.45, 7) is 0.659. The van der Waals surface area contributed by atoms with E-state index in [0.29, 0.717) is 12.4 Å². The monoisotopic (exact) mass is 455 g/mol. The number of alkyl halides is 4. The second-order valence-electron chi connectivity index (χ2n) is 7.52. The quantitative estimate of drug-likeness (QED) is 0.503. The Balaban J connectivity index is 1.63. The molecular weight excluding hydrogens is 434 g/mol. The molecule has 9 nitrogen and oxygen atoms in total. The van der Waals surface area contributed by atoms with Crippen LogP contribution in [0.4, 0.5) is 35.1 Å². The van der Waals surface area contributed by atoms with Gasteiger partial charge >= 0.3 is 6.18 Å². The summed E-state index contributed by atoms with van der Waals surface area (Å²) in [5.74, 6) is 0.644. The first kappa shape index (κ1) is 22.1. The molecule has 13 heteroatoms. The fourth-order valence-corrected chi connectivity index (χ4v) is 3.58. The Kier molecular flexibility index (Phi) is 5.86. The smallest absolute Gasteiger partial charge is 0.390 e. The Labute approximate surface area is 179 Å². The third-order valence-electron chi connectivity index (χ3n) is 5.34. The number of imidazole rings is 1. The van der Waals surface area contributed by atoms with Crippen molar-refractivity contribution in [1.82, 2.24) is 24.5 Å². The number of aromatic nitrogens is 5. The lowest BCUT2D eigenvalue weighted by Crippen LogP contribution is -2.45. The van der Waals surface area contributed by atoms with Crippen molar-refractivity contribution in [3.63, 3.8) is 0 Å². The molecule has 0 aromatic carbocycles. The third-order valence-corrected chi connectivity index (χ3v) is 5.34. The van der Waals surface area contributed by atoms with E-state index in [1.165, 1.54) is 24.5 Å². The lowest BCUT2D eigenvalue weighted by atomic mass is 10.1. The summed E-state index contributed by atoms with van der Waals surface area (Å²) in [5.41, 5.74) is 0.357. The number of nitrogens with one attached hydrogen (secondary N) is 1. The Morgan fingerprint density at radius 1 is 1.25 bits per heavy atom. The highest BCUT2D eigenvalue weighted by Gasteiger charge is 2.39. The van der Waals surface area contributed by atoms with Gasteiger partial charge < -0.3 is 25.0 Å². The molecule has 1 aliphatic rings. The molecule has 3 N–H and O–H groups in total. The van der Waals surface area contributed by atoms with Crippen LogP contribution in [0, 0.1) is 0 Å². The molecule has 3 aromatic rings.